The summed E-state index contributed by atoms with van der Waals surface area (Å²) < 4.78 is 6.09. The number of benzene rings is 3. The van der Waals surface area contributed by atoms with E-state index in [2.05, 4.69) is 31.8 Å². The number of hydrogen-bond donors (Lipinski definition) is 2. The molecular formula is C22H15BrClN3O4. The number of carbonyl (C=O) groups excluding carboxylic acids is 3. The second-order valence-electron chi connectivity index (χ2n) is 6.10. The van der Waals surface area contributed by atoms with E-state index in [1.165, 1.54) is 6.21 Å². The normalized spacial score (nSPS) is 10.5. The van der Waals surface area contributed by atoms with E-state index in [1.54, 1.807) is 66.7 Å². The Hall–Kier alpha value is -3.49. The topological polar surface area (TPSA) is 96.9 Å². The SMILES string of the molecule is O=C(N/N=C\c1ccc(OC(=O)c2cccc(Br)c2)cc1)C(=O)Nc1ccccc1Cl. The zero-order chi connectivity index (χ0) is 22.2. The van der Waals surface area contributed by atoms with Crippen LogP contribution in [0.3, 0.4) is 0 Å². The number of hydrazone groups is 1. The van der Waals surface area contributed by atoms with Gasteiger partial charge in [0.05, 0.1) is 22.5 Å². The minimum absolute atomic E-state index is 0.313. The van der Waals surface area contributed by atoms with Gasteiger partial charge < -0.3 is 10.1 Å². The van der Waals surface area contributed by atoms with Crippen molar-refractivity contribution in [1.82, 2.24) is 5.43 Å². The monoisotopic (exact) mass is 499 g/mol. The highest BCUT2D eigenvalue weighted by Crippen LogP contribution is 2.20. The summed E-state index contributed by atoms with van der Waals surface area (Å²) in [4.78, 5) is 35.9. The average molecular weight is 501 g/mol. The standard InChI is InChI=1S/C22H15BrClN3O4/c23-16-5-3-4-15(12-16)22(30)31-17-10-8-14(9-11-17)13-25-27-21(29)20(28)26-19-7-2-1-6-18(19)24/h1-13H,(H,26,28)(H,27,29)/b25-13-. The van der Waals surface area contributed by atoms with Gasteiger partial charge >= 0.3 is 17.8 Å². The lowest BCUT2D eigenvalue weighted by molar-refractivity contribution is -0.136. The average Bonchev–Trinajstić information content (AvgIpc) is 2.76. The number of halogens is 2. The van der Waals surface area contributed by atoms with E-state index in [4.69, 9.17) is 16.3 Å². The molecule has 7 nitrogen and oxygen atoms in total. The molecule has 0 atom stereocenters. The van der Waals surface area contributed by atoms with Crippen molar-refractivity contribution in [1.29, 1.82) is 0 Å². The van der Waals surface area contributed by atoms with Crippen molar-refractivity contribution in [3.05, 3.63) is 93.4 Å². The molecule has 0 radical (unpaired) electrons. The minimum atomic E-state index is -0.948. The van der Waals surface area contributed by atoms with Crippen LogP contribution in [-0.4, -0.2) is 24.0 Å². The van der Waals surface area contributed by atoms with Gasteiger partial charge in [-0.25, -0.2) is 10.2 Å². The van der Waals surface area contributed by atoms with Crippen LogP contribution in [0.25, 0.3) is 0 Å². The summed E-state index contributed by atoms with van der Waals surface area (Å²) in [7, 11) is 0. The Morgan fingerprint density at radius 2 is 1.68 bits per heavy atom. The first-order valence-corrected chi connectivity index (χ1v) is 10.1. The van der Waals surface area contributed by atoms with Crippen LogP contribution >= 0.6 is 27.5 Å². The van der Waals surface area contributed by atoms with Gasteiger partial charge in [0.25, 0.3) is 0 Å². The quantitative estimate of drug-likeness (QED) is 0.178. The second kappa shape index (κ2) is 10.5. The lowest BCUT2D eigenvalue weighted by Crippen LogP contribution is -2.32. The Morgan fingerprint density at radius 3 is 2.39 bits per heavy atom. The number of rotatable bonds is 5. The van der Waals surface area contributed by atoms with Crippen molar-refractivity contribution in [3.63, 3.8) is 0 Å². The van der Waals surface area contributed by atoms with Gasteiger partial charge in [-0.1, -0.05) is 45.7 Å². The number of hydrogen-bond acceptors (Lipinski definition) is 5. The molecule has 3 aromatic rings. The van der Waals surface area contributed by atoms with Crippen LogP contribution in [0.15, 0.2) is 82.4 Å². The fourth-order valence-electron chi connectivity index (χ4n) is 2.36. The molecule has 2 amide bonds. The molecule has 0 aliphatic heterocycles. The molecule has 9 heteroatoms. The van der Waals surface area contributed by atoms with E-state index < -0.39 is 17.8 Å². The Morgan fingerprint density at radius 1 is 0.935 bits per heavy atom. The first-order chi connectivity index (χ1) is 14.9. The van der Waals surface area contributed by atoms with Crippen LogP contribution in [0.5, 0.6) is 5.75 Å². The number of nitrogens with zero attached hydrogens (tertiary/aromatic N) is 1. The molecular weight excluding hydrogens is 486 g/mol. The Labute approximate surface area is 191 Å². The predicted molar refractivity (Wildman–Crippen MR) is 121 cm³/mol. The van der Waals surface area contributed by atoms with Crippen molar-refractivity contribution >= 4 is 57.2 Å². The molecule has 0 aromatic heterocycles. The molecule has 0 fully saturated rings. The maximum absolute atomic E-state index is 12.2. The van der Waals surface area contributed by atoms with Crippen molar-refractivity contribution in [2.24, 2.45) is 5.10 Å². The zero-order valence-electron chi connectivity index (χ0n) is 15.8. The molecule has 3 rings (SSSR count). The zero-order valence-corrected chi connectivity index (χ0v) is 18.2. The Kier molecular flexibility index (Phi) is 7.53. The fourth-order valence-corrected chi connectivity index (χ4v) is 2.94. The van der Waals surface area contributed by atoms with Crippen LogP contribution in [0.2, 0.25) is 5.02 Å². The molecule has 0 aliphatic carbocycles. The van der Waals surface area contributed by atoms with Gasteiger partial charge in [-0.3, -0.25) is 9.59 Å². The van der Waals surface area contributed by atoms with Crippen molar-refractivity contribution < 1.29 is 19.1 Å². The lowest BCUT2D eigenvalue weighted by atomic mass is 10.2. The van der Waals surface area contributed by atoms with Gasteiger partial charge in [-0.05, 0) is 60.2 Å². The van der Waals surface area contributed by atoms with E-state index in [0.29, 0.717) is 27.6 Å². The number of ether oxygens (including phenoxy) is 1. The fraction of sp³-hybridized carbons (Fsp3) is 0. The van der Waals surface area contributed by atoms with Gasteiger partial charge in [0, 0.05) is 4.47 Å². The lowest BCUT2D eigenvalue weighted by Gasteiger charge is -2.06. The summed E-state index contributed by atoms with van der Waals surface area (Å²) >= 11 is 9.24. The summed E-state index contributed by atoms with van der Waals surface area (Å²) in [6.07, 6.45) is 1.35. The number of anilines is 1. The van der Waals surface area contributed by atoms with Gasteiger partial charge in [0.15, 0.2) is 0 Å². The third-order valence-corrected chi connectivity index (χ3v) is 4.68. The number of para-hydroxylation sites is 1. The number of esters is 1. The number of nitrogens with one attached hydrogen (secondary N) is 2. The number of amides is 2. The van der Waals surface area contributed by atoms with Crippen LogP contribution in [-0.2, 0) is 9.59 Å². The van der Waals surface area contributed by atoms with E-state index in [-0.39, 0.29) is 0 Å². The largest absolute Gasteiger partial charge is 0.423 e. The van der Waals surface area contributed by atoms with Crippen molar-refractivity contribution in [2.45, 2.75) is 0 Å². The van der Waals surface area contributed by atoms with Crippen molar-refractivity contribution in [2.75, 3.05) is 5.32 Å². The third kappa shape index (κ3) is 6.50. The molecule has 31 heavy (non-hydrogen) atoms. The van der Waals surface area contributed by atoms with Crippen LogP contribution in [0, 0.1) is 0 Å². The summed E-state index contributed by atoms with van der Waals surface area (Å²) in [5.74, 6) is -1.99. The molecule has 0 saturated carbocycles. The molecule has 0 saturated heterocycles. The number of carbonyl (C=O) groups is 3. The maximum atomic E-state index is 12.2. The van der Waals surface area contributed by atoms with E-state index >= 15 is 0 Å². The smallest absolute Gasteiger partial charge is 0.343 e. The van der Waals surface area contributed by atoms with Crippen molar-refractivity contribution in [3.8, 4) is 5.75 Å². The first-order valence-electron chi connectivity index (χ1n) is 8.89. The third-order valence-electron chi connectivity index (χ3n) is 3.86. The second-order valence-corrected chi connectivity index (χ2v) is 7.42. The highest BCUT2D eigenvalue weighted by Gasteiger charge is 2.14. The Balaban J connectivity index is 1.52. The summed E-state index contributed by atoms with van der Waals surface area (Å²) in [5, 5.41) is 6.45. The van der Waals surface area contributed by atoms with E-state index in [0.717, 1.165) is 4.47 Å². The summed E-state index contributed by atoms with van der Waals surface area (Å²) in [6, 6.07) is 19.9. The molecule has 0 bridgehead atoms. The van der Waals surface area contributed by atoms with Gasteiger partial charge in [0.1, 0.15) is 5.75 Å². The maximum Gasteiger partial charge on any atom is 0.343 e. The molecule has 0 heterocycles. The predicted octanol–water partition coefficient (Wildman–Crippen LogP) is 4.41. The molecule has 0 spiro atoms. The van der Waals surface area contributed by atoms with E-state index in [9.17, 15) is 14.4 Å². The summed E-state index contributed by atoms with van der Waals surface area (Å²) in [5.41, 5.74) is 3.48. The molecule has 0 aliphatic rings. The van der Waals surface area contributed by atoms with Crippen LogP contribution in [0.1, 0.15) is 15.9 Å². The van der Waals surface area contributed by atoms with E-state index in [1.807, 2.05) is 6.07 Å². The van der Waals surface area contributed by atoms with Crippen LogP contribution in [0.4, 0.5) is 5.69 Å². The molecule has 156 valence electrons. The van der Waals surface area contributed by atoms with Gasteiger partial charge in [-0.2, -0.15) is 5.10 Å². The first kappa shape index (κ1) is 22.2. The molecule has 2 N–H and O–H groups in total. The highest BCUT2D eigenvalue weighted by molar-refractivity contribution is 9.10. The molecule has 3 aromatic carbocycles. The van der Waals surface area contributed by atoms with Gasteiger partial charge in [0.2, 0.25) is 0 Å². The molecule has 0 unspecified atom stereocenters. The minimum Gasteiger partial charge on any atom is -0.423 e. The highest BCUT2D eigenvalue weighted by atomic mass is 79.9. The Bertz CT molecular complexity index is 1150. The van der Waals surface area contributed by atoms with Gasteiger partial charge in [-0.15, -0.1) is 0 Å². The van der Waals surface area contributed by atoms with Crippen LogP contribution < -0.4 is 15.5 Å². The summed E-state index contributed by atoms with van der Waals surface area (Å²) in [6.45, 7) is 0.